The van der Waals surface area contributed by atoms with E-state index in [2.05, 4.69) is 0 Å². The van der Waals surface area contributed by atoms with Crippen molar-refractivity contribution in [1.29, 1.82) is 0 Å². The quantitative estimate of drug-likeness (QED) is 0.823. The third-order valence-corrected chi connectivity index (χ3v) is 5.90. The number of hydrogen-bond acceptors (Lipinski definition) is 4. The first kappa shape index (κ1) is 17.2. The second-order valence-corrected chi connectivity index (χ2v) is 7.48. The summed E-state index contributed by atoms with van der Waals surface area (Å²) < 4.78 is 18.3. The Morgan fingerprint density at radius 2 is 2.12 bits per heavy atom. The first-order valence-electron chi connectivity index (χ1n) is 7.98. The molecule has 24 heavy (non-hydrogen) atoms. The lowest BCUT2D eigenvalue weighted by atomic mass is 9.74. The van der Waals surface area contributed by atoms with Crippen molar-refractivity contribution >= 4 is 23.6 Å². The highest BCUT2D eigenvalue weighted by Crippen LogP contribution is 2.42. The van der Waals surface area contributed by atoms with E-state index in [9.17, 15) is 19.1 Å². The zero-order valence-corrected chi connectivity index (χ0v) is 14.1. The Bertz CT molecular complexity index is 624. The average molecular weight is 353 g/mol. The van der Waals surface area contributed by atoms with Gasteiger partial charge in [0.15, 0.2) is 0 Å². The molecule has 1 N–H and O–H groups in total. The number of likely N-dealkylation sites (tertiary alicyclic amines) is 1. The predicted molar refractivity (Wildman–Crippen MR) is 87.3 cm³/mol. The summed E-state index contributed by atoms with van der Waals surface area (Å²) in [4.78, 5) is 26.7. The Labute approximate surface area is 144 Å². The maximum absolute atomic E-state index is 12.9. The minimum Gasteiger partial charge on any atom is -0.481 e. The summed E-state index contributed by atoms with van der Waals surface area (Å²) in [6.07, 6.45) is 0.798. The predicted octanol–water partition coefficient (Wildman–Crippen LogP) is 2.26. The minimum absolute atomic E-state index is 0.0281. The SMILES string of the molecule is O=C(CCSc1ccc(F)cc1)N1C[C@H]2COCC[C@@]2(C(=O)O)C1. The molecule has 130 valence electrons. The van der Waals surface area contributed by atoms with Crippen LogP contribution in [-0.4, -0.2) is 53.9 Å². The Balaban J connectivity index is 1.54. The Kier molecular flexibility index (Phi) is 5.10. The maximum Gasteiger partial charge on any atom is 0.311 e. The van der Waals surface area contributed by atoms with Crippen molar-refractivity contribution in [3.05, 3.63) is 30.1 Å². The molecule has 2 atom stereocenters. The normalized spacial score (nSPS) is 26.2. The van der Waals surface area contributed by atoms with E-state index in [-0.39, 0.29) is 24.2 Å². The van der Waals surface area contributed by atoms with Crippen molar-refractivity contribution in [3.8, 4) is 0 Å². The van der Waals surface area contributed by atoms with Crippen LogP contribution in [0.15, 0.2) is 29.2 Å². The van der Waals surface area contributed by atoms with Crippen molar-refractivity contribution < 1.29 is 23.8 Å². The fourth-order valence-electron chi connectivity index (χ4n) is 3.43. The zero-order valence-electron chi connectivity index (χ0n) is 13.2. The Hall–Kier alpha value is -1.60. The molecular weight excluding hydrogens is 333 g/mol. The Morgan fingerprint density at radius 3 is 2.79 bits per heavy atom. The summed E-state index contributed by atoms with van der Waals surface area (Å²) in [5.41, 5.74) is -0.849. The second kappa shape index (κ2) is 7.11. The van der Waals surface area contributed by atoms with Crippen molar-refractivity contribution in [2.24, 2.45) is 11.3 Å². The summed E-state index contributed by atoms with van der Waals surface area (Å²) in [6.45, 7) is 1.56. The molecule has 0 saturated carbocycles. The van der Waals surface area contributed by atoms with Gasteiger partial charge >= 0.3 is 5.97 Å². The smallest absolute Gasteiger partial charge is 0.311 e. The van der Waals surface area contributed by atoms with Gasteiger partial charge in [-0.1, -0.05) is 0 Å². The van der Waals surface area contributed by atoms with E-state index in [4.69, 9.17) is 4.74 Å². The lowest BCUT2D eigenvalue weighted by molar-refractivity contribution is -0.157. The van der Waals surface area contributed by atoms with Gasteiger partial charge in [0.25, 0.3) is 0 Å². The number of carboxylic acids is 1. The molecule has 2 aliphatic heterocycles. The van der Waals surface area contributed by atoms with Crippen LogP contribution in [-0.2, 0) is 14.3 Å². The van der Waals surface area contributed by atoms with Crippen LogP contribution in [0.3, 0.4) is 0 Å². The van der Waals surface area contributed by atoms with Gasteiger partial charge in [0.1, 0.15) is 5.82 Å². The average Bonchev–Trinajstić information content (AvgIpc) is 2.98. The standard InChI is InChI=1S/C17H20FNO4S/c18-13-1-3-14(4-2-13)24-8-5-15(20)19-9-12-10-23-7-6-17(12,11-19)16(21)22/h1-4,12H,5-11H2,(H,21,22)/t12-,17+/m0/s1. The van der Waals surface area contributed by atoms with Gasteiger partial charge in [-0.15, -0.1) is 11.8 Å². The van der Waals surface area contributed by atoms with Crippen LogP contribution in [0.5, 0.6) is 0 Å². The number of carbonyl (C=O) groups excluding carboxylic acids is 1. The summed E-state index contributed by atoms with van der Waals surface area (Å²) >= 11 is 1.49. The number of carbonyl (C=O) groups is 2. The van der Waals surface area contributed by atoms with Crippen molar-refractivity contribution in [3.63, 3.8) is 0 Å². The summed E-state index contributed by atoms with van der Waals surface area (Å²) in [7, 11) is 0. The van der Waals surface area contributed by atoms with Gasteiger partial charge in [-0.3, -0.25) is 9.59 Å². The molecule has 0 unspecified atom stereocenters. The van der Waals surface area contributed by atoms with Crippen LogP contribution in [0.25, 0.3) is 0 Å². The van der Waals surface area contributed by atoms with Crippen molar-refractivity contribution in [1.82, 2.24) is 4.90 Å². The van der Waals surface area contributed by atoms with Crippen molar-refractivity contribution in [2.45, 2.75) is 17.7 Å². The summed E-state index contributed by atoms with van der Waals surface area (Å²) in [5.74, 6) is -0.678. The molecule has 2 aliphatic rings. The van der Waals surface area contributed by atoms with Gasteiger partial charge in [0, 0.05) is 42.7 Å². The number of carboxylic acid groups (broad SMARTS) is 1. The highest BCUT2D eigenvalue weighted by atomic mass is 32.2. The van der Waals surface area contributed by atoms with E-state index in [1.807, 2.05) is 0 Å². The third kappa shape index (κ3) is 3.42. The van der Waals surface area contributed by atoms with Gasteiger partial charge in [-0.25, -0.2) is 4.39 Å². The van der Waals surface area contributed by atoms with E-state index in [1.54, 1.807) is 17.0 Å². The molecule has 2 fully saturated rings. The molecule has 3 rings (SSSR count). The number of aliphatic carboxylic acids is 1. The highest BCUT2D eigenvalue weighted by Gasteiger charge is 2.54. The van der Waals surface area contributed by atoms with Gasteiger partial charge in [0.05, 0.1) is 12.0 Å². The molecular formula is C17H20FNO4S. The number of fused-ring (bicyclic) bond motifs is 1. The number of benzene rings is 1. The third-order valence-electron chi connectivity index (χ3n) is 4.88. The van der Waals surface area contributed by atoms with E-state index in [0.717, 1.165) is 4.90 Å². The number of rotatable bonds is 5. The molecule has 2 saturated heterocycles. The fourth-order valence-corrected chi connectivity index (χ4v) is 4.28. The number of amides is 1. The van der Waals surface area contributed by atoms with Crippen molar-refractivity contribution in [2.75, 3.05) is 32.1 Å². The molecule has 0 aliphatic carbocycles. The van der Waals surface area contributed by atoms with E-state index in [1.165, 1.54) is 23.9 Å². The summed E-state index contributed by atoms with van der Waals surface area (Å²) in [6, 6.07) is 6.16. The van der Waals surface area contributed by atoms with E-state index < -0.39 is 11.4 Å². The van der Waals surface area contributed by atoms with Gasteiger partial charge in [0.2, 0.25) is 5.91 Å². The van der Waals surface area contributed by atoms with Gasteiger partial charge < -0.3 is 14.7 Å². The van der Waals surface area contributed by atoms with Crippen LogP contribution in [0.1, 0.15) is 12.8 Å². The molecule has 1 aromatic carbocycles. The molecule has 0 radical (unpaired) electrons. The van der Waals surface area contributed by atoms with E-state index in [0.29, 0.717) is 38.4 Å². The monoisotopic (exact) mass is 353 g/mol. The molecule has 1 aromatic rings. The van der Waals surface area contributed by atoms with E-state index >= 15 is 0 Å². The molecule has 0 spiro atoms. The molecule has 0 aromatic heterocycles. The van der Waals surface area contributed by atoms with Crippen LogP contribution >= 0.6 is 11.8 Å². The topological polar surface area (TPSA) is 66.8 Å². The lowest BCUT2D eigenvalue weighted by Gasteiger charge is -2.33. The maximum atomic E-state index is 12.9. The number of hydrogen-bond donors (Lipinski definition) is 1. The van der Waals surface area contributed by atoms with Gasteiger partial charge in [-0.05, 0) is 30.7 Å². The van der Waals surface area contributed by atoms with Crippen LogP contribution in [0, 0.1) is 17.2 Å². The van der Waals surface area contributed by atoms with Crippen LogP contribution in [0.2, 0.25) is 0 Å². The molecule has 0 bridgehead atoms. The van der Waals surface area contributed by atoms with Crippen LogP contribution in [0.4, 0.5) is 4.39 Å². The first-order chi connectivity index (χ1) is 11.5. The number of halogens is 1. The molecule has 7 heteroatoms. The lowest BCUT2D eigenvalue weighted by Crippen LogP contribution is -2.45. The minimum atomic E-state index is -0.849. The number of nitrogens with zero attached hydrogens (tertiary/aromatic N) is 1. The van der Waals surface area contributed by atoms with Gasteiger partial charge in [-0.2, -0.15) is 0 Å². The largest absolute Gasteiger partial charge is 0.481 e. The molecule has 2 heterocycles. The number of ether oxygens (including phenoxy) is 1. The number of thioether (sulfide) groups is 1. The second-order valence-electron chi connectivity index (χ2n) is 6.31. The first-order valence-corrected chi connectivity index (χ1v) is 8.97. The fraction of sp³-hybridized carbons (Fsp3) is 0.529. The molecule has 5 nitrogen and oxygen atoms in total. The molecule has 1 amide bonds. The zero-order chi connectivity index (χ0) is 17.2. The van der Waals surface area contributed by atoms with Crippen LogP contribution < -0.4 is 0 Å². The highest BCUT2D eigenvalue weighted by molar-refractivity contribution is 7.99. The Morgan fingerprint density at radius 1 is 1.38 bits per heavy atom. The summed E-state index contributed by atoms with van der Waals surface area (Å²) in [5, 5.41) is 9.62.